The van der Waals surface area contributed by atoms with E-state index in [1.807, 2.05) is 6.08 Å². The average Bonchev–Trinajstić information content (AvgIpc) is 2.59. The van der Waals surface area contributed by atoms with Crippen LogP contribution in [-0.2, 0) is 14.3 Å². The molecule has 1 aromatic heterocycles. The average molecular weight is 300 g/mol. The molecule has 0 bridgehead atoms. The SMILES string of the molecule is O=C(CCC(=O)c1cncnc1)C1=C2OCCOC2CC=C1. The summed E-state index contributed by atoms with van der Waals surface area (Å²) in [5.74, 6) is 0.359. The number of hydrogen-bond acceptors (Lipinski definition) is 6. The quantitative estimate of drug-likeness (QED) is 0.769. The lowest BCUT2D eigenvalue weighted by molar-refractivity contribution is -0.116. The molecule has 0 saturated carbocycles. The maximum atomic E-state index is 12.4. The van der Waals surface area contributed by atoms with Crippen LogP contribution in [0, 0.1) is 0 Å². The second-order valence-corrected chi connectivity index (χ2v) is 5.10. The van der Waals surface area contributed by atoms with Crippen molar-refractivity contribution in [1.29, 1.82) is 0 Å². The van der Waals surface area contributed by atoms with Crippen molar-refractivity contribution in [2.75, 3.05) is 13.2 Å². The smallest absolute Gasteiger partial charge is 0.166 e. The van der Waals surface area contributed by atoms with Crippen LogP contribution in [-0.4, -0.2) is 40.9 Å². The summed E-state index contributed by atoms with van der Waals surface area (Å²) < 4.78 is 11.2. The molecule has 0 N–H and O–H groups in total. The van der Waals surface area contributed by atoms with E-state index in [1.165, 1.54) is 18.7 Å². The lowest BCUT2D eigenvalue weighted by Gasteiger charge is -2.29. The molecule has 6 heteroatoms. The molecular formula is C16H16N2O4. The van der Waals surface area contributed by atoms with Gasteiger partial charge in [-0.3, -0.25) is 9.59 Å². The Morgan fingerprint density at radius 1 is 1.14 bits per heavy atom. The molecule has 0 amide bonds. The van der Waals surface area contributed by atoms with Crippen molar-refractivity contribution < 1.29 is 19.1 Å². The molecule has 0 radical (unpaired) electrons. The molecule has 1 saturated heterocycles. The van der Waals surface area contributed by atoms with Crippen LogP contribution < -0.4 is 0 Å². The maximum absolute atomic E-state index is 12.4. The first-order chi connectivity index (χ1) is 10.8. The monoisotopic (exact) mass is 300 g/mol. The number of carbonyl (C=O) groups is 2. The molecule has 0 spiro atoms. The van der Waals surface area contributed by atoms with Crippen LogP contribution in [0.1, 0.15) is 29.6 Å². The summed E-state index contributed by atoms with van der Waals surface area (Å²) in [5.41, 5.74) is 0.940. The van der Waals surface area contributed by atoms with Crippen LogP contribution in [0.4, 0.5) is 0 Å². The molecule has 114 valence electrons. The lowest BCUT2D eigenvalue weighted by Crippen LogP contribution is -2.30. The molecule has 6 nitrogen and oxygen atoms in total. The minimum atomic E-state index is -0.170. The summed E-state index contributed by atoms with van der Waals surface area (Å²) in [7, 11) is 0. The largest absolute Gasteiger partial charge is 0.492 e. The first-order valence-corrected chi connectivity index (χ1v) is 7.22. The van der Waals surface area contributed by atoms with Crippen LogP contribution in [0.15, 0.2) is 42.2 Å². The van der Waals surface area contributed by atoms with E-state index in [4.69, 9.17) is 9.47 Å². The first kappa shape index (κ1) is 14.6. The fourth-order valence-corrected chi connectivity index (χ4v) is 2.51. The molecule has 22 heavy (non-hydrogen) atoms. The standard InChI is InChI=1S/C16H16N2O4/c19-13(11-8-17-10-18-9-11)4-5-14(20)12-2-1-3-15-16(12)22-7-6-21-15/h1-2,8-10,15H,3-7H2. The molecule has 2 aliphatic rings. The lowest BCUT2D eigenvalue weighted by atomic mass is 9.95. The predicted molar refractivity (Wildman–Crippen MR) is 77.1 cm³/mol. The van der Waals surface area contributed by atoms with Gasteiger partial charge in [-0.1, -0.05) is 12.2 Å². The molecule has 1 fully saturated rings. The van der Waals surface area contributed by atoms with Gasteiger partial charge in [-0.15, -0.1) is 0 Å². The number of hydrogen-bond donors (Lipinski definition) is 0. The topological polar surface area (TPSA) is 78.4 Å². The van der Waals surface area contributed by atoms with E-state index >= 15 is 0 Å². The second-order valence-electron chi connectivity index (χ2n) is 5.10. The number of ketones is 2. The van der Waals surface area contributed by atoms with E-state index in [-0.39, 0.29) is 30.5 Å². The first-order valence-electron chi connectivity index (χ1n) is 7.22. The van der Waals surface area contributed by atoms with Crippen molar-refractivity contribution in [2.24, 2.45) is 0 Å². The summed E-state index contributed by atoms with van der Waals surface area (Å²) in [6.45, 7) is 0.993. The highest BCUT2D eigenvalue weighted by Gasteiger charge is 2.28. The van der Waals surface area contributed by atoms with Gasteiger partial charge in [0.05, 0.1) is 17.7 Å². The zero-order valence-corrected chi connectivity index (χ0v) is 12.0. The predicted octanol–water partition coefficient (Wildman–Crippen LogP) is 1.64. The number of nitrogens with zero attached hydrogens (tertiary/aromatic N) is 2. The highest BCUT2D eigenvalue weighted by atomic mass is 16.6. The summed E-state index contributed by atoms with van der Waals surface area (Å²) in [6, 6.07) is 0. The number of ether oxygens (including phenoxy) is 2. The number of carbonyl (C=O) groups excluding carboxylic acids is 2. The Balaban J connectivity index is 1.65. The van der Waals surface area contributed by atoms with Gasteiger partial charge in [-0.05, 0) is 6.42 Å². The van der Waals surface area contributed by atoms with Crippen molar-refractivity contribution >= 4 is 11.6 Å². The summed E-state index contributed by atoms with van der Waals surface area (Å²) in [5, 5.41) is 0. The Kier molecular flexibility index (Phi) is 4.39. The van der Waals surface area contributed by atoms with Gasteiger partial charge in [-0.25, -0.2) is 9.97 Å². The number of aromatic nitrogens is 2. The maximum Gasteiger partial charge on any atom is 0.166 e. The van der Waals surface area contributed by atoms with Gasteiger partial charge in [0.25, 0.3) is 0 Å². The Bertz CT molecular complexity index is 637. The highest BCUT2D eigenvalue weighted by Crippen LogP contribution is 2.27. The van der Waals surface area contributed by atoms with Crippen molar-refractivity contribution in [3.63, 3.8) is 0 Å². The Morgan fingerprint density at radius 3 is 2.73 bits per heavy atom. The van der Waals surface area contributed by atoms with Gasteiger partial charge in [0, 0.05) is 25.2 Å². The Labute approximate surface area is 127 Å². The third-order valence-electron chi connectivity index (χ3n) is 3.61. The van der Waals surface area contributed by atoms with Gasteiger partial charge < -0.3 is 9.47 Å². The van der Waals surface area contributed by atoms with E-state index in [0.29, 0.717) is 36.5 Å². The molecule has 1 aliphatic carbocycles. The normalized spacial score (nSPS) is 20.3. The van der Waals surface area contributed by atoms with E-state index < -0.39 is 0 Å². The zero-order valence-electron chi connectivity index (χ0n) is 12.0. The molecule has 0 aromatic carbocycles. The summed E-state index contributed by atoms with van der Waals surface area (Å²) in [4.78, 5) is 32.0. The van der Waals surface area contributed by atoms with E-state index in [1.54, 1.807) is 6.08 Å². The van der Waals surface area contributed by atoms with E-state index in [9.17, 15) is 9.59 Å². The summed E-state index contributed by atoms with van der Waals surface area (Å²) >= 11 is 0. The Morgan fingerprint density at radius 2 is 1.91 bits per heavy atom. The number of fused-ring (bicyclic) bond motifs is 1. The molecule has 1 aliphatic heterocycles. The fourth-order valence-electron chi connectivity index (χ4n) is 2.51. The molecule has 3 rings (SSSR count). The van der Waals surface area contributed by atoms with E-state index in [0.717, 1.165) is 0 Å². The van der Waals surface area contributed by atoms with Crippen molar-refractivity contribution in [1.82, 2.24) is 9.97 Å². The fraction of sp³-hybridized carbons (Fsp3) is 0.375. The molecular weight excluding hydrogens is 284 g/mol. The van der Waals surface area contributed by atoms with Crippen LogP contribution in [0.5, 0.6) is 0 Å². The molecule has 1 atom stereocenters. The summed E-state index contributed by atoms with van der Waals surface area (Å²) in [6.07, 6.45) is 8.74. The third-order valence-corrected chi connectivity index (χ3v) is 3.61. The zero-order chi connectivity index (χ0) is 15.4. The number of rotatable bonds is 5. The highest BCUT2D eigenvalue weighted by molar-refractivity contribution is 6.03. The van der Waals surface area contributed by atoms with Crippen molar-refractivity contribution in [2.45, 2.75) is 25.4 Å². The molecule has 1 unspecified atom stereocenters. The number of allylic oxidation sites excluding steroid dienone is 2. The van der Waals surface area contributed by atoms with Crippen LogP contribution in [0.3, 0.4) is 0 Å². The second kappa shape index (κ2) is 6.62. The minimum Gasteiger partial charge on any atom is -0.492 e. The van der Waals surface area contributed by atoms with Crippen LogP contribution in [0.2, 0.25) is 0 Å². The van der Waals surface area contributed by atoms with Crippen LogP contribution >= 0.6 is 0 Å². The Hall–Kier alpha value is -2.34. The van der Waals surface area contributed by atoms with Crippen molar-refractivity contribution in [3.8, 4) is 0 Å². The molecule has 1 aromatic rings. The van der Waals surface area contributed by atoms with Gasteiger partial charge >= 0.3 is 0 Å². The van der Waals surface area contributed by atoms with Gasteiger partial charge in [0.15, 0.2) is 11.6 Å². The van der Waals surface area contributed by atoms with E-state index in [2.05, 4.69) is 9.97 Å². The van der Waals surface area contributed by atoms with Gasteiger partial charge in [-0.2, -0.15) is 0 Å². The number of Topliss-reactive ketones (excluding diaryl/α,β-unsaturated/α-hetero) is 2. The molecule has 2 heterocycles. The third kappa shape index (κ3) is 3.12. The van der Waals surface area contributed by atoms with Gasteiger partial charge in [0.2, 0.25) is 0 Å². The minimum absolute atomic E-state index is 0.105. The van der Waals surface area contributed by atoms with Crippen LogP contribution in [0.25, 0.3) is 0 Å². The van der Waals surface area contributed by atoms with Crippen molar-refractivity contribution in [3.05, 3.63) is 47.8 Å². The van der Waals surface area contributed by atoms with Gasteiger partial charge in [0.1, 0.15) is 24.8 Å².